The van der Waals surface area contributed by atoms with Crippen molar-refractivity contribution < 1.29 is 9.18 Å². The first kappa shape index (κ1) is 13.4. The van der Waals surface area contributed by atoms with Crippen LogP contribution in [-0.4, -0.2) is 18.5 Å². The fourth-order valence-electron chi connectivity index (χ4n) is 1.22. The number of halogens is 2. The van der Waals surface area contributed by atoms with E-state index in [9.17, 15) is 9.18 Å². The van der Waals surface area contributed by atoms with Gasteiger partial charge in [0.2, 0.25) is 0 Å². The van der Waals surface area contributed by atoms with Crippen LogP contribution in [0.15, 0.2) is 18.2 Å². The predicted octanol–water partition coefficient (Wildman–Crippen LogP) is 1.90. The van der Waals surface area contributed by atoms with Gasteiger partial charge in [0.15, 0.2) is 0 Å². The molecule has 16 heavy (non-hydrogen) atoms. The highest BCUT2D eigenvalue weighted by molar-refractivity contribution is 14.1. The lowest BCUT2D eigenvalue weighted by atomic mass is 10.2. The Bertz CT molecular complexity index is 362. The third kappa shape index (κ3) is 3.71. The van der Waals surface area contributed by atoms with Crippen molar-refractivity contribution in [3.05, 3.63) is 33.1 Å². The third-order valence-electron chi connectivity index (χ3n) is 2.08. The van der Waals surface area contributed by atoms with E-state index >= 15 is 0 Å². The summed E-state index contributed by atoms with van der Waals surface area (Å²) in [4.78, 5) is 11.7. The molecule has 1 atom stereocenters. The van der Waals surface area contributed by atoms with Crippen LogP contribution in [0.5, 0.6) is 0 Å². The van der Waals surface area contributed by atoms with E-state index in [1.165, 1.54) is 6.07 Å². The minimum absolute atomic E-state index is 0.0278. The zero-order chi connectivity index (χ0) is 12.1. The van der Waals surface area contributed by atoms with Gasteiger partial charge in [0.05, 0.1) is 5.56 Å². The highest BCUT2D eigenvalue weighted by atomic mass is 127. The summed E-state index contributed by atoms with van der Waals surface area (Å²) in [6.45, 7) is 2.32. The summed E-state index contributed by atoms with van der Waals surface area (Å²) in [7, 11) is 0. The molecule has 0 saturated carbocycles. The molecule has 0 bridgehead atoms. The lowest BCUT2D eigenvalue weighted by Crippen LogP contribution is -2.30. The molecule has 0 aromatic heterocycles. The molecule has 0 fully saturated rings. The fraction of sp³-hybridized carbons (Fsp3) is 0.364. The molecule has 88 valence electrons. The molecule has 3 nitrogen and oxygen atoms in total. The molecule has 3 N–H and O–H groups in total. The zero-order valence-electron chi connectivity index (χ0n) is 8.97. The Balaban J connectivity index is 2.66. The highest BCUT2D eigenvalue weighted by Gasteiger charge is 2.14. The van der Waals surface area contributed by atoms with Gasteiger partial charge in [0, 0.05) is 16.2 Å². The molecular weight excluding hydrogens is 322 g/mol. The topological polar surface area (TPSA) is 55.1 Å². The van der Waals surface area contributed by atoms with E-state index < -0.39 is 5.82 Å². The molecule has 1 rings (SSSR count). The second-order valence-electron chi connectivity index (χ2n) is 3.62. The largest absolute Gasteiger partial charge is 0.352 e. The van der Waals surface area contributed by atoms with Crippen LogP contribution in [0.25, 0.3) is 0 Å². The number of amides is 1. The smallest absolute Gasteiger partial charge is 0.255 e. The van der Waals surface area contributed by atoms with Crippen LogP contribution in [0, 0.1) is 9.39 Å². The number of rotatable bonds is 4. The Hall–Kier alpha value is -0.690. The van der Waals surface area contributed by atoms with Gasteiger partial charge in [0.1, 0.15) is 5.82 Å². The molecule has 1 amide bonds. The Labute approximate surface area is 108 Å². The molecule has 1 aromatic rings. The van der Waals surface area contributed by atoms with E-state index in [0.29, 0.717) is 16.5 Å². The Morgan fingerprint density at radius 3 is 2.88 bits per heavy atom. The Kier molecular flexibility index (Phi) is 5.14. The first-order valence-electron chi connectivity index (χ1n) is 5.00. The molecule has 0 aliphatic rings. The summed E-state index contributed by atoms with van der Waals surface area (Å²) in [6, 6.07) is 4.59. The Morgan fingerprint density at radius 1 is 1.62 bits per heavy atom. The SMILES string of the molecule is CC(N)CCNC(=O)c1c(F)cccc1I. The first-order valence-corrected chi connectivity index (χ1v) is 6.08. The van der Waals surface area contributed by atoms with Crippen LogP contribution in [-0.2, 0) is 0 Å². The van der Waals surface area contributed by atoms with Gasteiger partial charge in [-0.2, -0.15) is 0 Å². The van der Waals surface area contributed by atoms with Gasteiger partial charge >= 0.3 is 0 Å². The van der Waals surface area contributed by atoms with Crippen molar-refractivity contribution in [1.29, 1.82) is 0 Å². The number of carbonyl (C=O) groups excluding carboxylic acids is 1. The van der Waals surface area contributed by atoms with Gasteiger partial charge in [-0.3, -0.25) is 4.79 Å². The summed E-state index contributed by atoms with van der Waals surface area (Å²) < 4.78 is 14.0. The number of nitrogens with two attached hydrogens (primary N) is 1. The fourth-order valence-corrected chi connectivity index (χ4v) is 1.93. The highest BCUT2D eigenvalue weighted by Crippen LogP contribution is 2.15. The quantitative estimate of drug-likeness (QED) is 0.826. The van der Waals surface area contributed by atoms with Crippen molar-refractivity contribution in [3.63, 3.8) is 0 Å². The normalized spacial score (nSPS) is 12.2. The van der Waals surface area contributed by atoms with E-state index in [2.05, 4.69) is 5.32 Å². The van der Waals surface area contributed by atoms with Crippen LogP contribution < -0.4 is 11.1 Å². The number of carbonyl (C=O) groups is 1. The van der Waals surface area contributed by atoms with Gasteiger partial charge in [-0.25, -0.2) is 4.39 Å². The second kappa shape index (κ2) is 6.15. The van der Waals surface area contributed by atoms with Crippen LogP contribution in [0.4, 0.5) is 4.39 Å². The van der Waals surface area contributed by atoms with Gasteiger partial charge < -0.3 is 11.1 Å². The Morgan fingerprint density at radius 2 is 2.31 bits per heavy atom. The van der Waals surface area contributed by atoms with E-state index in [-0.39, 0.29) is 17.5 Å². The lowest BCUT2D eigenvalue weighted by molar-refractivity contribution is 0.0948. The minimum atomic E-state index is -0.495. The van der Waals surface area contributed by atoms with Crippen LogP contribution in [0.2, 0.25) is 0 Å². The number of hydrogen-bond donors (Lipinski definition) is 2. The zero-order valence-corrected chi connectivity index (χ0v) is 11.1. The molecular formula is C11H14FIN2O. The van der Waals surface area contributed by atoms with Crippen molar-refractivity contribution >= 4 is 28.5 Å². The lowest BCUT2D eigenvalue weighted by Gasteiger charge is -2.09. The molecule has 0 saturated heterocycles. The average Bonchev–Trinajstić information content (AvgIpc) is 2.16. The first-order chi connectivity index (χ1) is 7.52. The van der Waals surface area contributed by atoms with Crippen molar-refractivity contribution in [3.8, 4) is 0 Å². The van der Waals surface area contributed by atoms with E-state index in [0.717, 1.165) is 0 Å². The van der Waals surface area contributed by atoms with Crippen molar-refractivity contribution in [2.75, 3.05) is 6.54 Å². The van der Waals surface area contributed by atoms with E-state index in [1.807, 2.05) is 29.5 Å². The maximum Gasteiger partial charge on any atom is 0.255 e. The molecule has 0 aliphatic carbocycles. The minimum Gasteiger partial charge on any atom is -0.352 e. The number of hydrogen-bond acceptors (Lipinski definition) is 2. The van der Waals surface area contributed by atoms with Gasteiger partial charge in [-0.05, 0) is 48.1 Å². The summed E-state index contributed by atoms with van der Waals surface area (Å²) >= 11 is 1.94. The molecule has 0 spiro atoms. The molecule has 0 aliphatic heterocycles. The summed E-state index contributed by atoms with van der Waals surface area (Å²) in [5.74, 6) is -0.881. The standard InChI is InChI=1S/C11H14FIN2O/c1-7(14)5-6-15-11(16)10-8(12)3-2-4-9(10)13/h2-4,7H,5-6,14H2,1H3,(H,15,16). The monoisotopic (exact) mass is 336 g/mol. The van der Waals surface area contributed by atoms with Crippen LogP contribution in [0.1, 0.15) is 23.7 Å². The van der Waals surface area contributed by atoms with Gasteiger partial charge in [-0.1, -0.05) is 6.07 Å². The van der Waals surface area contributed by atoms with Crippen molar-refractivity contribution in [2.24, 2.45) is 5.73 Å². The van der Waals surface area contributed by atoms with Crippen LogP contribution >= 0.6 is 22.6 Å². The maximum atomic E-state index is 13.4. The summed E-state index contributed by atoms with van der Waals surface area (Å²) in [5.41, 5.74) is 5.65. The molecule has 1 aromatic carbocycles. The van der Waals surface area contributed by atoms with Gasteiger partial charge in [0.25, 0.3) is 5.91 Å². The van der Waals surface area contributed by atoms with Crippen molar-refractivity contribution in [1.82, 2.24) is 5.32 Å². The second-order valence-corrected chi connectivity index (χ2v) is 4.78. The molecule has 5 heteroatoms. The average molecular weight is 336 g/mol. The maximum absolute atomic E-state index is 13.4. The summed E-state index contributed by atoms with van der Waals surface area (Å²) in [6.07, 6.45) is 0.677. The van der Waals surface area contributed by atoms with Crippen molar-refractivity contribution in [2.45, 2.75) is 19.4 Å². The van der Waals surface area contributed by atoms with Crippen LogP contribution in [0.3, 0.4) is 0 Å². The molecule has 0 radical (unpaired) electrons. The summed E-state index contributed by atoms with van der Waals surface area (Å²) in [5, 5.41) is 2.65. The number of benzene rings is 1. The number of nitrogens with one attached hydrogen (secondary N) is 1. The molecule has 0 heterocycles. The van der Waals surface area contributed by atoms with E-state index in [1.54, 1.807) is 12.1 Å². The third-order valence-corrected chi connectivity index (χ3v) is 2.97. The van der Waals surface area contributed by atoms with Gasteiger partial charge in [-0.15, -0.1) is 0 Å². The van der Waals surface area contributed by atoms with E-state index in [4.69, 9.17) is 5.73 Å². The molecule has 1 unspecified atom stereocenters. The predicted molar refractivity (Wildman–Crippen MR) is 69.7 cm³/mol.